The van der Waals surface area contributed by atoms with Crippen molar-refractivity contribution in [1.29, 1.82) is 0 Å². The largest absolute Gasteiger partial charge is 0.338 e. The van der Waals surface area contributed by atoms with Crippen LogP contribution in [-0.4, -0.2) is 9.97 Å². The summed E-state index contributed by atoms with van der Waals surface area (Å²) >= 11 is 2.39. The zero-order valence-electron chi connectivity index (χ0n) is 13.9. The molecule has 0 aliphatic rings. The third kappa shape index (κ3) is 2.59. The molecule has 1 N–H and O–H groups in total. The molecule has 3 heteroatoms. The molecule has 2 nitrogen and oxygen atoms in total. The van der Waals surface area contributed by atoms with Gasteiger partial charge in [-0.1, -0.05) is 66.7 Å². The van der Waals surface area contributed by atoms with Crippen LogP contribution in [0.5, 0.6) is 0 Å². The molecule has 124 valence electrons. The van der Waals surface area contributed by atoms with Gasteiger partial charge >= 0.3 is 0 Å². The molecular weight excluding hydrogens is 431 g/mol. The summed E-state index contributed by atoms with van der Waals surface area (Å²) in [4.78, 5) is 8.38. The number of nitrogens with zero attached hydrogens (tertiary/aromatic N) is 1. The SMILES string of the molecule is Ic1cccc2c(-c3nc4cc(-c5ccccc5)ccc4[nH]3)cccc12. The smallest absolute Gasteiger partial charge is 0.139 e. The number of aromatic amines is 1. The number of imidazole rings is 1. The van der Waals surface area contributed by atoms with Crippen molar-refractivity contribution >= 4 is 44.4 Å². The number of benzene rings is 4. The number of rotatable bonds is 2. The van der Waals surface area contributed by atoms with E-state index in [-0.39, 0.29) is 0 Å². The highest BCUT2D eigenvalue weighted by Gasteiger charge is 2.10. The molecule has 4 aromatic carbocycles. The second kappa shape index (κ2) is 6.25. The molecule has 0 radical (unpaired) electrons. The Labute approximate surface area is 165 Å². The van der Waals surface area contributed by atoms with Gasteiger partial charge in [0.2, 0.25) is 0 Å². The van der Waals surface area contributed by atoms with E-state index in [4.69, 9.17) is 4.98 Å². The molecule has 0 atom stereocenters. The number of nitrogens with one attached hydrogen (secondary N) is 1. The summed E-state index contributed by atoms with van der Waals surface area (Å²) in [5, 5.41) is 2.48. The lowest BCUT2D eigenvalue weighted by Gasteiger charge is -2.05. The highest BCUT2D eigenvalue weighted by molar-refractivity contribution is 14.1. The Hall–Kier alpha value is -2.66. The van der Waals surface area contributed by atoms with Crippen molar-refractivity contribution in [2.75, 3.05) is 0 Å². The zero-order chi connectivity index (χ0) is 17.5. The van der Waals surface area contributed by atoms with Crippen LogP contribution >= 0.6 is 22.6 Å². The lowest BCUT2D eigenvalue weighted by Crippen LogP contribution is -1.85. The van der Waals surface area contributed by atoms with Gasteiger partial charge in [0, 0.05) is 9.13 Å². The second-order valence-corrected chi connectivity index (χ2v) is 7.49. The maximum atomic E-state index is 4.89. The maximum absolute atomic E-state index is 4.89. The minimum absolute atomic E-state index is 0.915. The van der Waals surface area contributed by atoms with Crippen LogP contribution in [0.2, 0.25) is 0 Å². The first-order chi connectivity index (χ1) is 12.8. The standard InChI is InChI=1S/C23H15IN2/c24-20-11-5-8-17-18(20)9-4-10-19(17)23-25-21-13-12-16(14-22(21)26-23)15-6-2-1-3-7-15/h1-14H,(H,25,26). The van der Waals surface area contributed by atoms with Gasteiger partial charge in [-0.15, -0.1) is 0 Å². The Bertz CT molecular complexity index is 1240. The summed E-state index contributed by atoms with van der Waals surface area (Å²) in [6.07, 6.45) is 0. The van der Waals surface area contributed by atoms with Crippen LogP contribution in [0.15, 0.2) is 84.9 Å². The van der Waals surface area contributed by atoms with E-state index in [2.05, 4.69) is 106 Å². The number of hydrogen-bond donors (Lipinski definition) is 1. The first kappa shape index (κ1) is 15.6. The van der Waals surface area contributed by atoms with Crippen LogP contribution in [-0.2, 0) is 0 Å². The zero-order valence-corrected chi connectivity index (χ0v) is 16.1. The predicted molar refractivity (Wildman–Crippen MR) is 117 cm³/mol. The van der Waals surface area contributed by atoms with Crippen LogP contribution in [0.4, 0.5) is 0 Å². The van der Waals surface area contributed by atoms with E-state index in [1.807, 2.05) is 6.07 Å². The Balaban J connectivity index is 1.68. The molecule has 5 aromatic rings. The molecule has 0 saturated heterocycles. The fraction of sp³-hybridized carbons (Fsp3) is 0. The molecule has 0 aliphatic heterocycles. The van der Waals surface area contributed by atoms with Crippen LogP contribution in [0.25, 0.3) is 44.3 Å². The van der Waals surface area contributed by atoms with Crippen LogP contribution in [0, 0.1) is 3.57 Å². The van der Waals surface area contributed by atoms with Crippen molar-refractivity contribution in [3.63, 3.8) is 0 Å². The van der Waals surface area contributed by atoms with E-state index in [1.165, 1.54) is 25.5 Å². The van der Waals surface area contributed by atoms with Crippen LogP contribution < -0.4 is 0 Å². The van der Waals surface area contributed by atoms with Gasteiger partial charge in [-0.25, -0.2) is 4.98 Å². The Morgan fingerprint density at radius 1 is 0.692 bits per heavy atom. The summed E-state index contributed by atoms with van der Waals surface area (Å²) < 4.78 is 1.25. The van der Waals surface area contributed by atoms with E-state index >= 15 is 0 Å². The summed E-state index contributed by atoms with van der Waals surface area (Å²) in [7, 11) is 0. The summed E-state index contributed by atoms with van der Waals surface area (Å²) in [6, 6.07) is 29.6. The molecule has 0 aliphatic carbocycles. The van der Waals surface area contributed by atoms with Crippen molar-refractivity contribution in [3.8, 4) is 22.5 Å². The highest BCUT2D eigenvalue weighted by atomic mass is 127. The third-order valence-corrected chi connectivity index (χ3v) is 5.65. The summed E-state index contributed by atoms with van der Waals surface area (Å²) in [6.45, 7) is 0. The molecule has 0 unspecified atom stereocenters. The summed E-state index contributed by atoms with van der Waals surface area (Å²) in [5.41, 5.74) is 5.58. The van der Waals surface area contributed by atoms with E-state index in [1.54, 1.807) is 0 Å². The molecule has 26 heavy (non-hydrogen) atoms. The average Bonchev–Trinajstić information content (AvgIpc) is 3.12. The van der Waals surface area contributed by atoms with E-state index in [9.17, 15) is 0 Å². The lowest BCUT2D eigenvalue weighted by molar-refractivity contribution is 1.35. The Morgan fingerprint density at radius 2 is 1.50 bits per heavy atom. The van der Waals surface area contributed by atoms with Gasteiger partial charge in [0.05, 0.1) is 11.0 Å². The topological polar surface area (TPSA) is 28.7 Å². The molecule has 1 aromatic heterocycles. The lowest BCUT2D eigenvalue weighted by atomic mass is 10.0. The fourth-order valence-corrected chi connectivity index (χ4v) is 4.10. The van der Waals surface area contributed by atoms with Gasteiger partial charge in [0.15, 0.2) is 0 Å². The van der Waals surface area contributed by atoms with Crippen molar-refractivity contribution < 1.29 is 0 Å². The van der Waals surface area contributed by atoms with Crippen molar-refractivity contribution in [3.05, 3.63) is 88.5 Å². The fourth-order valence-electron chi connectivity index (χ4n) is 3.42. The Kier molecular flexibility index (Phi) is 3.75. The van der Waals surface area contributed by atoms with Gasteiger partial charge in [-0.05, 0) is 62.7 Å². The van der Waals surface area contributed by atoms with E-state index < -0.39 is 0 Å². The van der Waals surface area contributed by atoms with Gasteiger partial charge < -0.3 is 4.98 Å². The molecule has 0 bridgehead atoms. The van der Waals surface area contributed by atoms with Crippen molar-refractivity contribution in [2.45, 2.75) is 0 Å². The molecule has 0 saturated carbocycles. The second-order valence-electron chi connectivity index (χ2n) is 6.32. The molecule has 0 amide bonds. The van der Waals surface area contributed by atoms with Crippen molar-refractivity contribution in [2.24, 2.45) is 0 Å². The minimum Gasteiger partial charge on any atom is -0.338 e. The number of fused-ring (bicyclic) bond motifs is 2. The Morgan fingerprint density at radius 3 is 2.38 bits per heavy atom. The highest BCUT2D eigenvalue weighted by Crippen LogP contribution is 2.31. The average molecular weight is 446 g/mol. The molecule has 0 spiro atoms. The van der Waals surface area contributed by atoms with Crippen molar-refractivity contribution in [1.82, 2.24) is 9.97 Å². The molecule has 5 rings (SSSR count). The molecular formula is C23H15IN2. The monoisotopic (exact) mass is 446 g/mol. The number of halogens is 1. The van der Waals surface area contributed by atoms with Crippen LogP contribution in [0.3, 0.4) is 0 Å². The van der Waals surface area contributed by atoms with Gasteiger partial charge in [-0.3, -0.25) is 0 Å². The quantitative estimate of drug-likeness (QED) is 0.302. The van der Waals surface area contributed by atoms with Gasteiger partial charge in [0.25, 0.3) is 0 Å². The number of aromatic nitrogens is 2. The molecule has 1 heterocycles. The number of hydrogen-bond acceptors (Lipinski definition) is 1. The normalized spacial score (nSPS) is 11.3. The predicted octanol–water partition coefficient (Wildman–Crippen LogP) is 6.65. The third-order valence-electron chi connectivity index (χ3n) is 4.71. The van der Waals surface area contributed by atoms with E-state index in [0.29, 0.717) is 0 Å². The van der Waals surface area contributed by atoms with Crippen LogP contribution in [0.1, 0.15) is 0 Å². The minimum atomic E-state index is 0.915. The number of H-pyrrole nitrogens is 1. The first-order valence-corrected chi connectivity index (χ1v) is 9.60. The van der Waals surface area contributed by atoms with Gasteiger partial charge in [-0.2, -0.15) is 0 Å². The molecule has 0 fully saturated rings. The summed E-state index contributed by atoms with van der Waals surface area (Å²) in [5.74, 6) is 0.915. The van der Waals surface area contributed by atoms with E-state index in [0.717, 1.165) is 22.4 Å². The maximum Gasteiger partial charge on any atom is 0.139 e. The van der Waals surface area contributed by atoms with Gasteiger partial charge in [0.1, 0.15) is 5.82 Å². The first-order valence-electron chi connectivity index (χ1n) is 8.52.